The van der Waals surface area contributed by atoms with Crippen molar-refractivity contribution in [1.29, 1.82) is 0 Å². The Morgan fingerprint density at radius 1 is 1.10 bits per heavy atom. The first kappa shape index (κ1) is 22.6. The van der Waals surface area contributed by atoms with Crippen LogP contribution in [0.15, 0.2) is 66.7 Å². The van der Waals surface area contributed by atoms with E-state index in [-0.39, 0.29) is 13.2 Å². The summed E-state index contributed by atoms with van der Waals surface area (Å²) in [6, 6.07) is 14.9. The number of aliphatic carboxylic acids is 1. The first-order valence-electron chi connectivity index (χ1n) is 9.22. The van der Waals surface area contributed by atoms with Gasteiger partial charge in [-0.25, -0.2) is 9.59 Å². The number of rotatable bonds is 9. The standard InChI is InChI=1S/C22H23NO7/c1-15(10-11-19(25)26)20(17-8-5-9-18(14-17)29-13-12-24)30-22(28)23-21(27)16-6-3-2-4-7-16/h2-11,14-15,20,24H,12-13H2,1H3,(H,25,26)(H,23,27,28)/b11-10+/t15-,20-/m0/s1. The van der Waals surface area contributed by atoms with Crippen LogP contribution in [0.2, 0.25) is 0 Å². The van der Waals surface area contributed by atoms with Crippen molar-refractivity contribution in [3.63, 3.8) is 0 Å². The highest BCUT2D eigenvalue weighted by atomic mass is 16.6. The molecule has 2 aromatic rings. The number of nitrogens with one attached hydrogen (secondary N) is 1. The Hall–Kier alpha value is -3.65. The monoisotopic (exact) mass is 413 g/mol. The maximum Gasteiger partial charge on any atom is 0.414 e. The lowest BCUT2D eigenvalue weighted by molar-refractivity contribution is -0.131. The van der Waals surface area contributed by atoms with E-state index in [4.69, 9.17) is 19.7 Å². The Morgan fingerprint density at radius 2 is 1.83 bits per heavy atom. The van der Waals surface area contributed by atoms with E-state index in [2.05, 4.69) is 5.32 Å². The molecule has 2 rings (SSSR count). The molecular formula is C22H23NO7. The predicted octanol–water partition coefficient (Wildman–Crippen LogP) is 2.94. The van der Waals surface area contributed by atoms with Crippen LogP contribution in [0.4, 0.5) is 4.79 Å². The summed E-state index contributed by atoms with van der Waals surface area (Å²) in [6.45, 7) is 1.61. The number of hydrogen-bond donors (Lipinski definition) is 3. The molecule has 0 saturated carbocycles. The summed E-state index contributed by atoms with van der Waals surface area (Å²) in [5.74, 6) is -1.82. The molecule has 0 aromatic heterocycles. The zero-order valence-electron chi connectivity index (χ0n) is 16.4. The highest BCUT2D eigenvalue weighted by Gasteiger charge is 2.24. The van der Waals surface area contributed by atoms with Crippen molar-refractivity contribution in [3.8, 4) is 5.75 Å². The quantitative estimate of drug-likeness (QED) is 0.540. The third-order valence-corrected chi connectivity index (χ3v) is 4.05. The van der Waals surface area contributed by atoms with Gasteiger partial charge in [0.15, 0.2) is 0 Å². The Balaban J connectivity index is 2.20. The summed E-state index contributed by atoms with van der Waals surface area (Å²) in [4.78, 5) is 35.4. The number of carbonyl (C=O) groups is 3. The van der Waals surface area contributed by atoms with Gasteiger partial charge in [-0.05, 0) is 29.8 Å². The van der Waals surface area contributed by atoms with E-state index in [1.807, 2.05) is 0 Å². The maximum atomic E-state index is 12.4. The first-order valence-corrected chi connectivity index (χ1v) is 9.22. The van der Waals surface area contributed by atoms with Crippen molar-refractivity contribution in [2.24, 2.45) is 5.92 Å². The second-order valence-electron chi connectivity index (χ2n) is 6.35. The van der Waals surface area contributed by atoms with Crippen molar-refractivity contribution in [3.05, 3.63) is 77.9 Å². The minimum atomic E-state index is -1.13. The highest BCUT2D eigenvalue weighted by molar-refractivity contribution is 6.02. The summed E-state index contributed by atoms with van der Waals surface area (Å²) < 4.78 is 10.8. The van der Waals surface area contributed by atoms with Gasteiger partial charge in [0.25, 0.3) is 5.91 Å². The molecule has 0 aliphatic rings. The molecule has 0 radical (unpaired) electrons. The van der Waals surface area contributed by atoms with Crippen LogP contribution in [0.1, 0.15) is 28.9 Å². The number of ether oxygens (including phenoxy) is 2. The van der Waals surface area contributed by atoms with Crippen molar-refractivity contribution in [2.45, 2.75) is 13.0 Å². The number of amides is 2. The summed E-state index contributed by atoms with van der Waals surface area (Å²) in [5, 5.41) is 20.0. The van der Waals surface area contributed by atoms with Crippen LogP contribution in [0.5, 0.6) is 5.75 Å². The van der Waals surface area contributed by atoms with Gasteiger partial charge in [-0.3, -0.25) is 10.1 Å². The number of alkyl carbamates (subject to hydrolysis) is 1. The molecule has 0 saturated heterocycles. The van der Waals surface area contributed by atoms with Gasteiger partial charge >= 0.3 is 12.1 Å². The SMILES string of the molecule is C[C@@H](/C=C/C(=O)O)[C@H](OC(=O)NC(=O)c1ccccc1)c1cccc(OCCO)c1. The number of hydrogen-bond acceptors (Lipinski definition) is 6. The number of imide groups is 1. The number of carbonyl (C=O) groups excluding carboxylic acids is 2. The summed E-state index contributed by atoms with van der Waals surface area (Å²) in [5.41, 5.74) is 0.833. The Bertz CT molecular complexity index is 895. The summed E-state index contributed by atoms with van der Waals surface area (Å²) in [7, 11) is 0. The molecular weight excluding hydrogens is 390 g/mol. The van der Waals surface area contributed by atoms with Gasteiger partial charge < -0.3 is 19.7 Å². The smallest absolute Gasteiger partial charge is 0.414 e. The number of carboxylic acids is 1. The molecule has 3 N–H and O–H groups in total. The summed E-state index contributed by atoms with van der Waals surface area (Å²) >= 11 is 0. The molecule has 0 heterocycles. The van der Waals surface area contributed by atoms with E-state index in [1.165, 1.54) is 6.08 Å². The molecule has 2 atom stereocenters. The van der Waals surface area contributed by atoms with Crippen molar-refractivity contribution < 1.29 is 34.1 Å². The number of aliphatic hydroxyl groups is 1. The molecule has 8 heteroatoms. The van der Waals surface area contributed by atoms with Gasteiger partial charge in [0.2, 0.25) is 0 Å². The third-order valence-electron chi connectivity index (χ3n) is 4.05. The minimum absolute atomic E-state index is 0.0928. The Morgan fingerprint density at radius 3 is 2.50 bits per heavy atom. The van der Waals surface area contributed by atoms with Crippen LogP contribution in [0.3, 0.4) is 0 Å². The molecule has 0 fully saturated rings. The second kappa shape index (κ2) is 11.4. The summed E-state index contributed by atoms with van der Waals surface area (Å²) in [6.07, 6.45) is 0.494. The predicted molar refractivity (Wildman–Crippen MR) is 108 cm³/mol. The number of carboxylic acid groups (broad SMARTS) is 1. The average Bonchev–Trinajstić information content (AvgIpc) is 2.75. The fourth-order valence-corrected chi connectivity index (χ4v) is 2.66. The Kier molecular flexibility index (Phi) is 8.58. The zero-order chi connectivity index (χ0) is 21.9. The molecule has 0 aliphatic carbocycles. The van der Waals surface area contributed by atoms with Crippen LogP contribution in [-0.4, -0.2) is 41.4 Å². The maximum absolute atomic E-state index is 12.4. The average molecular weight is 413 g/mol. The number of aliphatic hydroxyl groups excluding tert-OH is 1. The largest absolute Gasteiger partial charge is 0.491 e. The molecule has 0 unspecified atom stereocenters. The zero-order valence-corrected chi connectivity index (χ0v) is 16.4. The van der Waals surface area contributed by atoms with Crippen molar-refractivity contribution in [2.75, 3.05) is 13.2 Å². The highest BCUT2D eigenvalue weighted by Crippen LogP contribution is 2.30. The lowest BCUT2D eigenvalue weighted by Gasteiger charge is -2.23. The van der Waals surface area contributed by atoms with E-state index >= 15 is 0 Å². The Labute approximate surface area is 173 Å². The fourth-order valence-electron chi connectivity index (χ4n) is 2.66. The molecule has 2 amide bonds. The molecule has 2 aromatic carbocycles. The first-order chi connectivity index (χ1) is 14.4. The molecule has 30 heavy (non-hydrogen) atoms. The normalized spacial score (nSPS) is 12.7. The van der Waals surface area contributed by atoms with Gasteiger partial charge in [0, 0.05) is 17.6 Å². The van der Waals surface area contributed by atoms with Crippen LogP contribution in [-0.2, 0) is 9.53 Å². The van der Waals surface area contributed by atoms with E-state index in [1.54, 1.807) is 61.5 Å². The van der Waals surface area contributed by atoms with Gasteiger partial charge in [-0.1, -0.05) is 43.3 Å². The van der Waals surface area contributed by atoms with Crippen LogP contribution in [0.25, 0.3) is 0 Å². The van der Waals surface area contributed by atoms with Gasteiger partial charge in [0.1, 0.15) is 18.5 Å². The third kappa shape index (κ3) is 7.06. The molecule has 0 spiro atoms. The molecule has 8 nitrogen and oxygen atoms in total. The van der Waals surface area contributed by atoms with Gasteiger partial charge in [-0.2, -0.15) is 0 Å². The lowest BCUT2D eigenvalue weighted by Crippen LogP contribution is -2.33. The van der Waals surface area contributed by atoms with Gasteiger partial charge in [0.05, 0.1) is 6.61 Å². The van der Waals surface area contributed by atoms with Crippen LogP contribution in [0, 0.1) is 5.92 Å². The van der Waals surface area contributed by atoms with E-state index in [0.29, 0.717) is 16.9 Å². The minimum Gasteiger partial charge on any atom is -0.491 e. The van der Waals surface area contributed by atoms with Gasteiger partial charge in [-0.15, -0.1) is 0 Å². The molecule has 0 aliphatic heterocycles. The van der Waals surface area contributed by atoms with E-state index < -0.39 is 30.0 Å². The van der Waals surface area contributed by atoms with Crippen molar-refractivity contribution in [1.82, 2.24) is 5.32 Å². The number of benzene rings is 2. The molecule has 0 bridgehead atoms. The van der Waals surface area contributed by atoms with E-state index in [0.717, 1.165) is 6.08 Å². The lowest BCUT2D eigenvalue weighted by atomic mass is 9.96. The van der Waals surface area contributed by atoms with E-state index in [9.17, 15) is 14.4 Å². The topological polar surface area (TPSA) is 122 Å². The second-order valence-corrected chi connectivity index (χ2v) is 6.35. The molecule has 158 valence electrons. The fraction of sp³-hybridized carbons (Fsp3) is 0.227. The van der Waals surface area contributed by atoms with Crippen molar-refractivity contribution >= 4 is 18.0 Å². The van der Waals surface area contributed by atoms with Crippen LogP contribution >= 0.6 is 0 Å². The van der Waals surface area contributed by atoms with Crippen LogP contribution < -0.4 is 10.1 Å².